The number of hydrogen-bond donors (Lipinski definition) is 1. The third-order valence-corrected chi connectivity index (χ3v) is 3.45. The van der Waals surface area contributed by atoms with E-state index in [0.29, 0.717) is 18.2 Å². The second-order valence-electron chi connectivity index (χ2n) is 4.81. The van der Waals surface area contributed by atoms with Crippen LogP contribution in [0.4, 0.5) is 0 Å². The van der Waals surface area contributed by atoms with Crippen LogP contribution in [0.15, 0.2) is 4.52 Å². The van der Waals surface area contributed by atoms with E-state index in [2.05, 4.69) is 15.5 Å². The maximum absolute atomic E-state index is 9.30. The van der Waals surface area contributed by atoms with Crippen molar-refractivity contribution in [1.82, 2.24) is 20.2 Å². The van der Waals surface area contributed by atoms with E-state index in [4.69, 9.17) is 4.52 Å². The van der Waals surface area contributed by atoms with Crippen LogP contribution in [0.2, 0.25) is 0 Å². The molecule has 0 amide bonds. The second-order valence-corrected chi connectivity index (χ2v) is 4.81. The van der Waals surface area contributed by atoms with Crippen LogP contribution >= 0.6 is 0 Å². The first-order valence-corrected chi connectivity index (χ1v) is 6.15. The van der Waals surface area contributed by atoms with E-state index >= 15 is 0 Å². The molecule has 0 spiro atoms. The highest BCUT2D eigenvalue weighted by atomic mass is 16.5. The van der Waals surface area contributed by atoms with Crippen molar-refractivity contribution >= 4 is 0 Å². The van der Waals surface area contributed by atoms with Crippen molar-refractivity contribution in [2.24, 2.45) is 0 Å². The molecule has 3 rings (SSSR count). The SMILES string of the molecule is Cc1noc(C)c1Cn1nnc(CO)c1C1CC1. The zero-order valence-electron chi connectivity index (χ0n) is 10.6. The van der Waals surface area contributed by atoms with Gasteiger partial charge < -0.3 is 9.63 Å². The summed E-state index contributed by atoms with van der Waals surface area (Å²) < 4.78 is 7.03. The first-order valence-electron chi connectivity index (χ1n) is 6.15. The molecule has 0 saturated heterocycles. The number of hydrogen-bond acceptors (Lipinski definition) is 5. The average Bonchev–Trinajstić information content (AvgIpc) is 3.06. The van der Waals surface area contributed by atoms with Gasteiger partial charge in [-0.15, -0.1) is 5.10 Å². The molecule has 0 atom stereocenters. The van der Waals surface area contributed by atoms with Crippen molar-refractivity contribution in [1.29, 1.82) is 0 Å². The van der Waals surface area contributed by atoms with Crippen LogP contribution in [0.1, 0.15) is 47.2 Å². The molecule has 0 aliphatic heterocycles. The van der Waals surface area contributed by atoms with Gasteiger partial charge >= 0.3 is 0 Å². The Hall–Kier alpha value is -1.69. The Morgan fingerprint density at radius 2 is 2.17 bits per heavy atom. The summed E-state index contributed by atoms with van der Waals surface area (Å²) in [7, 11) is 0. The zero-order chi connectivity index (χ0) is 12.7. The highest BCUT2D eigenvalue weighted by molar-refractivity contribution is 5.25. The van der Waals surface area contributed by atoms with E-state index in [0.717, 1.165) is 35.6 Å². The smallest absolute Gasteiger partial charge is 0.138 e. The van der Waals surface area contributed by atoms with Crippen LogP contribution in [0.5, 0.6) is 0 Å². The van der Waals surface area contributed by atoms with Gasteiger partial charge in [0.25, 0.3) is 0 Å². The minimum absolute atomic E-state index is 0.0482. The standard InChI is InChI=1S/C12H16N4O2/c1-7-10(8(2)18-14-7)5-16-12(9-3-4-9)11(6-17)13-15-16/h9,17H,3-6H2,1-2H3. The Morgan fingerprint density at radius 3 is 2.72 bits per heavy atom. The van der Waals surface area contributed by atoms with Gasteiger partial charge in [0.1, 0.15) is 11.5 Å². The fraction of sp³-hybridized carbons (Fsp3) is 0.583. The third-order valence-electron chi connectivity index (χ3n) is 3.45. The van der Waals surface area contributed by atoms with Crippen LogP contribution in [0.25, 0.3) is 0 Å². The van der Waals surface area contributed by atoms with E-state index in [1.165, 1.54) is 0 Å². The Labute approximate surface area is 105 Å². The Balaban J connectivity index is 1.95. The molecule has 18 heavy (non-hydrogen) atoms. The van der Waals surface area contributed by atoms with Crippen LogP contribution < -0.4 is 0 Å². The number of aryl methyl sites for hydroxylation is 2. The van der Waals surface area contributed by atoms with Gasteiger partial charge in [-0.2, -0.15) is 0 Å². The fourth-order valence-electron chi connectivity index (χ4n) is 2.27. The lowest BCUT2D eigenvalue weighted by molar-refractivity contribution is 0.275. The van der Waals surface area contributed by atoms with Gasteiger partial charge in [0.15, 0.2) is 0 Å². The molecule has 96 valence electrons. The van der Waals surface area contributed by atoms with E-state index in [1.807, 2.05) is 18.5 Å². The monoisotopic (exact) mass is 248 g/mol. The summed E-state index contributed by atoms with van der Waals surface area (Å²) in [6.45, 7) is 4.38. The highest BCUT2D eigenvalue weighted by Gasteiger charge is 2.31. The van der Waals surface area contributed by atoms with Crippen LogP contribution in [0, 0.1) is 13.8 Å². The molecule has 2 heterocycles. The molecule has 1 aliphatic rings. The molecule has 1 aliphatic carbocycles. The van der Waals surface area contributed by atoms with Gasteiger partial charge in [-0.05, 0) is 26.7 Å². The largest absolute Gasteiger partial charge is 0.390 e. The van der Waals surface area contributed by atoms with E-state index < -0.39 is 0 Å². The van der Waals surface area contributed by atoms with Crippen molar-refractivity contribution in [3.8, 4) is 0 Å². The topological polar surface area (TPSA) is 77.0 Å². The molecular weight excluding hydrogens is 232 g/mol. The molecule has 6 heteroatoms. The van der Waals surface area contributed by atoms with Crippen LogP contribution in [-0.4, -0.2) is 25.3 Å². The third kappa shape index (κ3) is 1.82. The molecule has 1 saturated carbocycles. The Kier molecular flexibility index (Phi) is 2.66. The summed E-state index contributed by atoms with van der Waals surface area (Å²) in [5.74, 6) is 1.32. The lowest BCUT2D eigenvalue weighted by Gasteiger charge is -2.06. The Morgan fingerprint density at radius 1 is 1.39 bits per heavy atom. The number of rotatable bonds is 4. The van der Waals surface area contributed by atoms with E-state index in [9.17, 15) is 5.11 Å². The molecule has 0 aromatic carbocycles. The van der Waals surface area contributed by atoms with Crippen molar-refractivity contribution in [2.45, 2.75) is 45.8 Å². The maximum Gasteiger partial charge on any atom is 0.138 e. The molecule has 6 nitrogen and oxygen atoms in total. The first kappa shape index (κ1) is 11.4. The predicted molar refractivity (Wildman–Crippen MR) is 63.0 cm³/mol. The summed E-state index contributed by atoms with van der Waals surface area (Å²) in [5, 5.41) is 21.4. The summed E-state index contributed by atoms with van der Waals surface area (Å²) in [5.41, 5.74) is 3.70. The van der Waals surface area contributed by atoms with Crippen molar-refractivity contribution < 1.29 is 9.63 Å². The number of aliphatic hydroxyl groups is 1. The van der Waals surface area contributed by atoms with Gasteiger partial charge in [-0.1, -0.05) is 10.4 Å². The fourth-order valence-corrected chi connectivity index (χ4v) is 2.27. The van der Waals surface area contributed by atoms with Gasteiger partial charge in [0.2, 0.25) is 0 Å². The van der Waals surface area contributed by atoms with Gasteiger partial charge in [0, 0.05) is 11.5 Å². The van der Waals surface area contributed by atoms with E-state index in [1.54, 1.807) is 0 Å². The average molecular weight is 248 g/mol. The van der Waals surface area contributed by atoms with Crippen molar-refractivity contribution in [2.75, 3.05) is 0 Å². The quantitative estimate of drug-likeness (QED) is 0.882. The summed E-state index contributed by atoms with van der Waals surface area (Å²) in [6.07, 6.45) is 2.31. The molecule has 1 N–H and O–H groups in total. The van der Waals surface area contributed by atoms with Crippen molar-refractivity contribution in [3.63, 3.8) is 0 Å². The normalized spacial score (nSPS) is 15.3. The molecule has 0 radical (unpaired) electrons. The van der Waals surface area contributed by atoms with E-state index in [-0.39, 0.29) is 6.61 Å². The molecule has 2 aromatic rings. The summed E-state index contributed by atoms with van der Waals surface area (Å²) in [4.78, 5) is 0. The number of aromatic nitrogens is 4. The predicted octanol–water partition coefficient (Wildman–Crippen LogP) is 1.30. The van der Waals surface area contributed by atoms with Crippen LogP contribution in [-0.2, 0) is 13.2 Å². The second kappa shape index (κ2) is 4.20. The van der Waals surface area contributed by atoms with Crippen molar-refractivity contribution in [3.05, 3.63) is 28.4 Å². The van der Waals surface area contributed by atoms with Gasteiger partial charge in [-0.3, -0.25) is 0 Å². The number of nitrogens with zero attached hydrogens (tertiary/aromatic N) is 4. The molecule has 0 unspecified atom stereocenters. The minimum Gasteiger partial charge on any atom is -0.390 e. The zero-order valence-corrected chi connectivity index (χ0v) is 10.6. The summed E-state index contributed by atoms with van der Waals surface area (Å²) >= 11 is 0. The molecule has 0 bridgehead atoms. The maximum atomic E-state index is 9.30. The highest BCUT2D eigenvalue weighted by Crippen LogP contribution is 2.41. The van der Waals surface area contributed by atoms with Crippen LogP contribution in [0.3, 0.4) is 0 Å². The summed E-state index contributed by atoms with van der Waals surface area (Å²) in [6, 6.07) is 0. The lowest BCUT2D eigenvalue weighted by atomic mass is 10.2. The first-order chi connectivity index (χ1) is 8.70. The lowest BCUT2D eigenvalue weighted by Crippen LogP contribution is -2.08. The molecule has 2 aromatic heterocycles. The Bertz CT molecular complexity index is 549. The van der Waals surface area contributed by atoms with Gasteiger partial charge in [-0.25, -0.2) is 4.68 Å². The molecule has 1 fully saturated rings. The van der Waals surface area contributed by atoms with Gasteiger partial charge in [0.05, 0.1) is 24.5 Å². The molecular formula is C12H16N4O2. The minimum atomic E-state index is -0.0482. The number of aliphatic hydroxyl groups excluding tert-OH is 1.